The number of methoxy groups -OCH3 is 1. The maximum atomic E-state index is 5.08. The average Bonchev–Trinajstić information content (AvgIpc) is 2.18. The fourth-order valence-electron chi connectivity index (χ4n) is 1.09. The highest BCUT2D eigenvalue weighted by Crippen LogP contribution is 2.23. The molecule has 0 aliphatic heterocycles. The predicted octanol–water partition coefficient (Wildman–Crippen LogP) is 4.41. The zero-order valence-electron chi connectivity index (χ0n) is 10.9. The SMILES string of the molecule is CCC.COc1ccc(C(C)(C)C)cc1. The second-order valence-electron chi connectivity index (χ2n) is 4.69. The van der Waals surface area contributed by atoms with Crippen LogP contribution >= 0.6 is 0 Å². The van der Waals surface area contributed by atoms with Crippen LogP contribution in [-0.4, -0.2) is 7.11 Å². The van der Waals surface area contributed by atoms with E-state index in [4.69, 9.17) is 4.74 Å². The fourth-order valence-corrected chi connectivity index (χ4v) is 1.09. The number of hydrogen-bond acceptors (Lipinski definition) is 1. The van der Waals surface area contributed by atoms with E-state index in [9.17, 15) is 0 Å². The maximum absolute atomic E-state index is 5.08. The van der Waals surface area contributed by atoms with Crippen LogP contribution in [-0.2, 0) is 5.41 Å². The molecule has 1 aromatic rings. The molecule has 0 bridgehead atoms. The molecule has 0 aliphatic carbocycles. The van der Waals surface area contributed by atoms with Crippen molar-refractivity contribution < 1.29 is 4.74 Å². The van der Waals surface area contributed by atoms with E-state index in [2.05, 4.69) is 46.8 Å². The molecule has 0 atom stereocenters. The highest BCUT2D eigenvalue weighted by molar-refractivity contribution is 5.30. The minimum Gasteiger partial charge on any atom is -0.497 e. The summed E-state index contributed by atoms with van der Waals surface area (Å²) in [6, 6.07) is 8.22. The predicted molar refractivity (Wildman–Crippen MR) is 67.7 cm³/mol. The highest BCUT2D eigenvalue weighted by atomic mass is 16.5. The van der Waals surface area contributed by atoms with Gasteiger partial charge in [-0.3, -0.25) is 0 Å². The average molecular weight is 208 g/mol. The van der Waals surface area contributed by atoms with Crippen molar-refractivity contribution in [2.45, 2.75) is 46.5 Å². The van der Waals surface area contributed by atoms with E-state index in [-0.39, 0.29) is 5.41 Å². The molecule has 0 amide bonds. The zero-order chi connectivity index (χ0) is 11.9. The summed E-state index contributed by atoms with van der Waals surface area (Å²) in [4.78, 5) is 0. The van der Waals surface area contributed by atoms with Gasteiger partial charge in [0.25, 0.3) is 0 Å². The molecule has 0 unspecified atom stereocenters. The lowest BCUT2D eigenvalue weighted by molar-refractivity contribution is 0.414. The van der Waals surface area contributed by atoms with Gasteiger partial charge in [-0.1, -0.05) is 53.2 Å². The molecule has 1 rings (SSSR count). The highest BCUT2D eigenvalue weighted by Gasteiger charge is 2.12. The van der Waals surface area contributed by atoms with Crippen molar-refractivity contribution in [3.63, 3.8) is 0 Å². The molecule has 0 radical (unpaired) electrons. The van der Waals surface area contributed by atoms with Crippen molar-refractivity contribution in [2.24, 2.45) is 0 Å². The van der Waals surface area contributed by atoms with Crippen LogP contribution in [0.2, 0.25) is 0 Å². The van der Waals surface area contributed by atoms with Crippen molar-refractivity contribution in [2.75, 3.05) is 7.11 Å². The Hall–Kier alpha value is -0.980. The smallest absolute Gasteiger partial charge is 0.118 e. The van der Waals surface area contributed by atoms with Crippen molar-refractivity contribution in [1.82, 2.24) is 0 Å². The summed E-state index contributed by atoms with van der Waals surface area (Å²) in [5, 5.41) is 0. The molecule has 1 heteroatoms. The van der Waals surface area contributed by atoms with Crippen LogP contribution in [0.15, 0.2) is 24.3 Å². The minimum absolute atomic E-state index is 0.228. The Balaban J connectivity index is 0.000000583. The lowest BCUT2D eigenvalue weighted by Gasteiger charge is -2.18. The second-order valence-corrected chi connectivity index (χ2v) is 4.69. The first-order valence-electron chi connectivity index (χ1n) is 5.60. The number of benzene rings is 1. The van der Waals surface area contributed by atoms with Crippen LogP contribution in [0, 0.1) is 0 Å². The number of hydrogen-bond donors (Lipinski definition) is 0. The monoisotopic (exact) mass is 208 g/mol. The van der Waals surface area contributed by atoms with Crippen molar-refractivity contribution in [3.8, 4) is 5.75 Å². The van der Waals surface area contributed by atoms with E-state index >= 15 is 0 Å². The Kier molecular flexibility index (Phi) is 6.07. The number of rotatable bonds is 1. The Labute approximate surface area is 94.5 Å². The largest absolute Gasteiger partial charge is 0.497 e. The quantitative estimate of drug-likeness (QED) is 0.664. The minimum atomic E-state index is 0.228. The van der Waals surface area contributed by atoms with Crippen molar-refractivity contribution >= 4 is 0 Å². The zero-order valence-corrected chi connectivity index (χ0v) is 10.9. The van der Waals surface area contributed by atoms with Crippen molar-refractivity contribution in [1.29, 1.82) is 0 Å². The first-order chi connectivity index (χ1) is 6.95. The van der Waals surface area contributed by atoms with Gasteiger partial charge in [-0.2, -0.15) is 0 Å². The van der Waals surface area contributed by atoms with Gasteiger partial charge in [0, 0.05) is 0 Å². The van der Waals surface area contributed by atoms with Gasteiger partial charge in [-0.25, -0.2) is 0 Å². The van der Waals surface area contributed by atoms with Gasteiger partial charge in [-0.05, 0) is 23.1 Å². The Morgan fingerprint density at radius 2 is 1.40 bits per heavy atom. The topological polar surface area (TPSA) is 9.23 Å². The Bertz CT molecular complexity index is 254. The van der Waals surface area contributed by atoms with E-state index in [0.29, 0.717) is 0 Å². The van der Waals surface area contributed by atoms with Crippen LogP contribution in [0.25, 0.3) is 0 Å². The molecule has 0 aliphatic rings. The van der Waals surface area contributed by atoms with E-state index < -0.39 is 0 Å². The van der Waals surface area contributed by atoms with Crippen molar-refractivity contribution in [3.05, 3.63) is 29.8 Å². The second kappa shape index (κ2) is 6.49. The molecule has 0 N–H and O–H groups in total. The third-order valence-corrected chi connectivity index (χ3v) is 1.96. The van der Waals surface area contributed by atoms with Gasteiger partial charge in [-0.15, -0.1) is 0 Å². The summed E-state index contributed by atoms with van der Waals surface area (Å²) in [6.45, 7) is 10.9. The lowest BCUT2D eigenvalue weighted by Crippen LogP contribution is -2.10. The first kappa shape index (κ1) is 14.0. The molecule has 86 valence electrons. The van der Waals surface area contributed by atoms with E-state index in [1.54, 1.807) is 7.11 Å². The molecule has 1 nitrogen and oxygen atoms in total. The van der Waals surface area contributed by atoms with Crippen LogP contribution in [0.1, 0.15) is 46.6 Å². The third kappa shape index (κ3) is 5.46. The summed E-state index contributed by atoms with van der Waals surface area (Å²) in [5.74, 6) is 0.919. The molecule has 15 heavy (non-hydrogen) atoms. The maximum Gasteiger partial charge on any atom is 0.118 e. The van der Waals surface area contributed by atoms with Crippen LogP contribution < -0.4 is 4.74 Å². The standard InChI is InChI=1S/C11H16O.C3H8/c1-11(2,3)9-5-7-10(12-4)8-6-9;1-3-2/h5-8H,1-4H3;3H2,1-2H3. The first-order valence-corrected chi connectivity index (χ1v) is 5.60. The van der Waals surface area contributed by atoms with Crippen LogP contribution in [0.3, 0.4) is 0 Å². The molecule has 0 saturated carbocycles. The fraction of sp³-hybridized carbons (Fsp3) is 0.571. The molecular weight excluding hydrogens is 184 g/mol. The summed E-state index contributed by atoms with van der Waals surface area (Å²) >= 11 is 0. The van der Waals surface area contributed by atoms with Gasteiger partial charge in [0.15, 0.2) is 0 Å². The van der Waals surface area contributed by atoms with E-state index in [0.717, 1.165) is 5.75 Å². The number of ether oxygens (including phenoxy) is 1. The molecular formula is C14H24O. The van der Waals surface area contributed by atoms with E-state index in [1.165, 1.54) is 12.0 Å². The van der Waals surface area contributed by atoms with Gasteiger partial charge >= 0.3 is 0 Å². The van der Waals surface area contributed by atoms with Gasteiger partial charge in [0.05, 0.1) is 7.11 Å². The normalized spacial score (nSPS) is 10.3. The van der Waals surface area contributed by atoms with Crippen LogP contribution in [0.4, 0.5) is 0 Å². The molecule has 0 aromatic heterocycles. The lowest BCUT2D eigenvalue weighted by atomic mass is 9.87. The van der Waals surface area contributed by atoms with Crippen LogP contribution in [0.5, 0.6) is 5.75 Å². The molecule has 0 saturated heterocycles. The molecule has 1 aromatic carbocycles. The summed E-state index contributed by atoms with van der Waals surface area (Å²) < 4.78 is 5.08. The molecule has 0 heterocycles. The Morgan fingerprint density at radius 3 is 1.67 bits per heavy atom. The molecule has 0 spiro atoms. The summed E-state index contributed by atoms with van der Waals surface area (Å²) in [6.07, 6.45) is 1.25. The van der Waals surface area contributed by atoms with Gasteiger partial charge in [0.2, 0.25) is 0 Å². The van der Waals surface area contributed by atoms with Gasteiger partial charge < -0.3 is 4.74 Å². The van der Waals surface area contributed by atoms with E-state index in [1.807, 2.05) is 12.1 Å². The van der Waals surface area contributed by atoms with Gasteiger partial charge in [0.1, 0.15) is 5.75 Å². The molecule has 0 fully saturated rings. The summed E-state index contributed by atoms with van der Waals surface area (Å²) in [7, 11) is 1.69. The Morgan fingerprint density at radius 1 is 1.00 bits per heavy atom. The summed E-state index contributed by atoms with van der Waals surface area (Å²) in [5.41, 5.74) is 1.56. The third-order valence-electron chi connectivity index (χ3n) is 1.96.